The largest absolute Gasteiger partial charge is 0.465 e. The van der Waals surface area contributed by atoms with Gasteiger partial charge >= 0.3 is 11.9 Å². The van der Waals surface area contributed by atoms with Gasteiger partial charge in [-0.3, -0.25) is 4.79 Å². The van der Waals surface area contributed by atoms with Crippen molar-refractivity contribution >= 4 is 11.9 Å². The van der Waals surface area contributed by atoms with E-state index in [2.05, 4.69) is 6.92 Å². The molecule has 1 aromatic carbocycles. The second kappa shape index (κ2) is 7.56. The summed E-state index contributed by atoms with van der Waals surface area (Å²) >= 11 is 0. The Hall–Kier alpha value is -1.84. The van der Waals surface area contributed by atoms with Crippen molar-refractivity contribution in [3.63, 3.8) is 0 Å². The van der Waals surface area contributed by atoms with Gasteiger partial charge in [0.05, 0.1) is 12.7 Å². The molecule has 104 valence electrons. The van der Waals surface area contributed by atoms with Crippen LogP contribution >= 0.6 is 0 Å². The molecular weight excluding hydrogens is 244 g/mol. The van der Waals surface area contributed by atoms with Crippen LogP contribution in [0.15, 0.2) is 24.3 Å². The Bertz CT molecular complexity index is 440. The minimum Gasteiger partial charge on any atom is -0.465 e. The number of unbranched alkanes of at least 4 members (excludes halogenated alkanes) is 1. The van der Waals surface area contributed by atoms with Crippen molar-refractivity contribution < 1.29 is 19.1 Å². The zero-order valence-corrected chi connectivity index (χ0v) is 11.6. The molecule has 0 saturated carbocycles. The van der Waals surface area contributed by atoms with Crippen LogP contribution in [0.25, 0.3) is 0 Å². The van der Waals surface area contributed by atoms with Crippen molar-refractivity contribution in [1.29, 1.82) is 0 Å². The smallest absolute Gasteiger partial charge is 0.338 e. The van der Waals surface area contributed by atoms with Crippen molar-refractivity contribution in [2.24, 2.45) is 0 Å². The third kappa shape index (κ3) is 4.39. The van der Waals surface area contributed by atoms with E-state index in [0.717, 1.165) is 12.8 Å². The molecular formula is C15H20O4. The van der Waals surface area contributed by atoms with Gasteiger partial charge in [-0.15, -0.1) is 0 Å². The molecule has 0 amide bonds. The lowest BCUT2D eigenvalue weighted by Gasteiger charge is -2.19. The third-order valence-corrected chi connectivity index (χ3v) is 2.84. The molecule has 0 aromatic heterocycles. The van der Waals surface area contributed by atoms with Gasteiger partial charge in [0, 0.05) is 12.5 Å². The van der Waals surface area contributed by atoms with Gasteiger partial charge < -0.3 is 9.47 Å². The lowest BCUT2D eigenvalue weighted by atomic mass is 9.98. The molecule has 1 aromatic rings. The molecule has 0 saturated heterocycles. The summed E-state index contributed by atoms with van der Waals surface area (Å²) in [4.78, 5) is 22.9. The van der Waals surface area contributed by atoms with Gasteiger partial charge in [-0.2, -0.15) is 0 Å². The summed E-state index contributed by atoms with van der Waals surface area (Å²) in [5.41, 5.74) is 1.16. The van der Waals surface area contributed by atoms with Crippen LogP contribution in [0.1, 0.15) is 55.1 Å². The van der Waals surface area contributed by atoms with E-state index in [1.54, 1.807) is 18.2 Å². The molecule has 4 nitrogen and oxygen atoms in total. The number of carbonyl (C=O) groups is 2. The fourth-order valence-electron chi connectivity index (χ4n) is 1.94. The maximum absolute atomic E-state index is 11.7. The highest BCUT2D eigenvalue weighted by molar-refractivity contribution is 5.91. The maximum Gasteiger partial charge on any atom is 0.338 e. The van der Waals surface area contributed by atoms with Gasteiger partial charge in [0.1, 0.15) is 6.10 Å². The van der Waals surface area contributed by atoms with Crippen molar-refractivity contribution in [3.8, 4) is 0 Å². The molecule has 0 spiro atoms. The first-order chi connectivity index (χ1) is 9.10. The average Bonchev–Trinajstić information content (AvgIpc) is 2.42. The molecule has 0 radical (unpaired) electrons. The fourth-order valence-corrected chi connectivity index (χ4v) is 1.94. The Morgan fingerprint density at radius 1 is 1.26 bits per heavy atom. The highest BCUT2D eigenvalue weighted by Gasteiger charge is 2.21. The van der Waals surface area contributed by atoms with E-state index in [4.69, 9.17) is 9.47 Å². The number of carbonyl (C=O) groups excluding carboxylic acids is 2. The molecule has 0 fully saturated rings. The van der Waals surface area contributed by atoms with E-state index in [1.165, 1.54) is 14.0 Å². The first-order valence-electron chi connectivity index (χ1n) is 6.44. The summed E-state index contributed by atoms with van der Waals surface area (Å²) in [6.07, 6.45) is 2.23. The van der Waals surface area contributed by atoms with Gasteiger partial charge in [-0.1, -0.05) is 31.5 Å². The minimum absolute atomic E-state index is 0.347. The predicted octanol–water partition coefficient (Wildman–Crippen LogP) is 3.27. The van der Waals surface area contributed by atoms with Crippen LogP contribution in [-0.4, -0.2) is 19.0 Å². The average molecular weight is 264 g/mol. The van der Waals surface area contributed by atoms with Crippen LogP contribution in [0.4, 0.5) is 0 Å². The molecule has 1 rings (SSSR count). The molecule has 0 bridgehead atoms. The first-order valence-corrected chi connectivity index (χ1v) is 6.44. The van der Waals surface area contributed by atoms with Crippen LogP contribution in [0.2, 0.25) is 0 Å². The van der Waals surface area contributed by atoms with Crippen molar-refractivity contribution in [1.82, 2.24) is 0 Å². The monoisotopic (exact) mass is 264 g/mol. The topological polar surface area (TPSA) is 52.6 Å². The quantitative estimate of drug-likeness (QED) is 0.740. The zero-order valence-electron chi connectivity index (χ0n) is 11.6. The first kappa shape index (κ1) is 15.2. The number of ether oxygens (including phenoxy) is 2. The summed E-state index contributed by atoms with van der Waals surface area (Å²) in [5.74, 6) is -0.759. The molecule has 0 aliphatic rings. The van der Waals surface area contributed by atoms with E-state index in [0.29, 0.717) is 17.5 Å². The molecule has 1 atom stereocenters. The number of hydrogen-bond donors (Lipinski definition) is 0. The second-order valence-electron chi connectivity index (χ2n) is 4.32. The highest BCUT2D eigenvalue weighted by Crippen LogP contribution is 2.27. The number of methoxy groups -OCH3 is 1. The Morgan fingerprint density at radius 3 is 2.53 bits per heavy atom. The van der Waals surface area contributed by atoms with Crippen LogP contribution < -0.4 is 0 Å². The number of benzene rings is 1. The van der Waals surface area contributed by atoms with Gasteiger partial charge in [0.15, 0.2) is 0 Å². The normalized spacial score (nSPS) is 11.7. The van der Waals surface area contributed by atoms with E-state index >= 15 is 0 Å². The predicted molar refractivity (Wildman–Crippen MR) is 71.8 cm³/mol. The van der Waals surface area contributed by atoms with Gasteiger partial charge in [0.25, 0.3) is 0 Å². The SMILES string of the molecule is CCCCC(OC(C)=O)c1ccccc1C(=O)OC. The molecule has 4 heteroatoms. The molecule has 19 heavy (non-hydrogen) atoms. The van der Waals surface area contributed by atoms with E-state index in [1.807, 2.05) is 6.07 Å². The summed E-state index contributed by atoms with van der Waals surface area (Å²) in [5, 5.41) is 0. The van der Waals surface area contributed by atoms with Crippen LogP contribution in [0.3, 0.4) is 0 Å². The van der Waals surface area contributed by atoms with Crippen molar-refractivity contribution in [3.05, 3.63) is 35.4 Å². The van der Waals surface area contributed by atoms with E-state index < -0.39 is 12.1 Å². The summed E-state index contributed by atoms with van der Waals surface area (Å²) < 4.78 is 10.1. The fraction of sp³-hybridized carbons (Fsp3) is 0.467. The van der Waals surface area contributed by atoms with Crippen LogP contribution in [0.5, 0.6) is 0 Å². The molecule has 0 N–H and O–H groups in total. The van der Waals surface area contributed by atoms with Gasteiger partial charge in [-0.05, 0) is 18.9 Å². The second-order valence-corrected chi connectivity index (χ2v) is 4.32. The Balaban J connectivity index is 3.06. The van der Waals surface area contributed by atoms with Crippen molar-refractivity contribution in [2.45, 2.75) is 39.2 Å². The summed E-state index contributed by atoms with van der Waals surface area (Å²) in [6, 6.07) is 7.07. The minimum atomic E-state index is -0.413. The zero-order chi connectivity index (χ0) is 14.3. The number of rotatable bonds is 6. The maximum atomic E-state index is 11.7. The third-order valence-electron chi connectivity index (χ3n) is 2.84. The number of esters is 2. The van der Waals surface area contributed by atoms with Crippen molar-refractivity contribution in [2.75, 3.05) is 7.11 Å². The molecule has 1 unspecified atom stereocenters. The summed E-state index contributed by atoms with van der Waals surface area (Å²) in [7, 11) is 1.34. The van der Waals surface area contributed by atoms with Gasteiger partial charge in [-0.25, -0.2) is 4.79 Å². The standard InChI is InChI=1S/C15H20O4/c1-4-5-10-14(19-11(2)16)12-8-6-7-9-13(12)15(17)18-3/h6-9,14H,4-5,10H2,1-3H3. The van der Waals surface area contributed by atoms with Gasteiger partial charge in [0.2, 0.25) is 0 Å². The van der Waals surface area contributed by atoms with E-state index in [-0.39, 0.29) is 5.97 Å². The van der Waals surface area contributed by atoms with Crippen LogP contribution in [0, 0.1) is 0 Å². The summed E-state index contributed by atoms with van der Waals surface area (Å²) in [6.45, 7) is 3.44. The number of hydrogen-bond acceptors (Lipinski definition) is 4. The van der Waals surface area contributed by atoms with E-state index in [9.17, 15) is 9.59 Å². The Kier molecular flexibility index (Phi) is 6.06. The molecule has 0 aliphatic heterocycles. The Morgan fingerprint density at radius 2 is 1.95 bits per heavy atom. The lowest BCUT2D eigenvalue weighted by molar-refractivity contribution is -0.147. The molecule has 0 aliphatic carbocycles. The van der Waals surface area contributed by atoms with Crippen LogP contribution in [-0.2, 0) is 14.3 Å². The lowest BCUT2D eigenvalue weighted by Crippen LogP contribution is -2.14. The molecule has 0 heterocycles. The highest BCUT2D eigenvalue weighted by atomic mass is 16.5. The Labute approximate surface area is 113 Å².